The molecule has 244 valence electrons. The van der Waals surface area contributed by atoms with Gasteiger partial charge in [0.05, 0.1) is 16.6 Å². The van der Waals surface area contributed by atoms with Crippen molar-refractivity contribution in [1.82, 2.24) is 24.1 Å². The SMILES string of the molecule is c1ccc(-c2cccc(-n3ccc4c3ccc3c5ccccc5n(-c5cccc(-c6nc(-c7ccccc7)nc(-c7ccccc7)n6)c5)c34)c2)cc1. The van der Waals surface area contributed by atoms with E-state index >= 15 is 0 Å². The summed E-state index contributed by atoms with van der Waals surface area (Å²) in [7, 11) is 0. The molecule has 0 amide bonds. The Morgan fingerprint density at radius 3 is 1.56 bits per heavy atom. The maximum absolute atomic E-state index is 5.03. The van der Waals surface area contributed by atoms with Gasteiger partial charge in [0.15, 0.2) is 17.5 Å². The Bertz CT molecular complexity index is 2830. The number of nitrogens with zero attached hydrogens (tertiary/aromatic N) is 5. The molecule has 0 unspecified atom stereocenters. The monoisotopic (exact) mass is 665 g/mol. The zero-order valence-electron chi connectivity index (χ0n) is 28.1. The third-order valence-corrected chi connectivity index (χ3v) is 9.80. The number of aromatic nitrogens is 5. The molecule has 0 spiro atoms. The van der Waals surface area contributed by atoms with Crippen LogP contribution in [0.15, 0.2) is 188 Å². The summed E-state index contributed by atoms with van der Waals surface area (Å²) in [5.41, 5.74) is 10.8. The van der Waals surface area contributed by atoms with E-state index in [1.54, 1.807) is 0 Å². The molecule has 10 rings (SSSR count). The summed E-state index contributed by atoms with van der Waals surface area (Å²) in [4.78, 5) is 15.0. The van der Waals surface area contributed by atoms with E-state index in [1.807, 2.05) is 60.7 Å². The number of fused-ring (bicyclic) bond motifs is 5. The Labute approximate surface area is 300 Å². The van der Waals surface area contributed by atoms with Crippen LogP contribution in [0.5, 0.6) is 0 Å². The summed E-state index contributed by atoms with van der Waals surface area (Å²) in [5, 5.41) is 3.60. The van der Waals surface area contributed by atoms with E-state index in [1.165, 1.54) is 32.8 Å². The second kappa shape index (κ2) is 12.3. The molecule has 7 aromatic carbocycles. The molecule has 10 aromatic rings. The predicted molar refractivity (Wildman–Crippen MR) is 213 cm³/mol. The van der Waals surface area contributed by atoms with Crippen LogP contribution in [0.3, 0.4) is 0 Å². The fourth-order valence-corrected chi connectivity index (χ4v) is 7.36. The van der Waals surface area contributed by atoms with Crippen molar-refractivity contribution in [3.63, 3.8) is 0 Å². The van der Waals surface area contributed by atoms with Gasteiger partial charge in [-0.05, 0) is 53.6 Å². The van der Waals surface area contributed by atoms with Gasteiger partial charge < -0.3 is 9.13 Å². The van der Waals surface area contributed by atoms with Gasteiger partial charge in [0.1, 0.15) is 0 Å². The minimum atomic E-state index is 0.630. The van der Waals surface area contributed by atoms with E-state index in [9.17, 15) is 0 Å². The summed E-state index contributed by atoms with van der Waals surface area (Å²) in [5.74, 6) is 1.92. The first kappa shape index (κ1) is 29.8. The van der Waals surface area contributed by atoms with Gasteiger partial charge in [0.2, 0.25) is 0 Å². The second-order valence-corrected chi connectivity index (χ2v) is 12.9. The van der Waals surface area contributed by atoms with Crippen LogP contribution in [-0.4, -0.2) is 24.1 Å². The lowest BCUT2D eigenvalue weighted by molar-refractivity contribution is 1.07. The Morgan fingerprint density at radius 2 is 0.865 bits per heavy atom. The highest BCUT2D eigenvalue weighted by molar-refractivity contribution is 6.18. The summed E-state index contributed by atoms with van der Waals surface area (Å²) in [6.45, 7) is 0. The number of para-hydroxylation sites is 1. The molecule has 0 aliphatic carbocycles. The van der Waals surface area contributed by atoms with Crippen molar-refractivity contribution < 1.29 is 0 Å². The fourth-order valence-electron chi connectivity index (χ4n) is 7.36. The standard InChI is InChI=1S/C47H31N5/c1-4-14-32(15-5-1)35-20-12-22-37(30-35)51-29-28-41-42(51)27-26-40-39-24-10-11-25-43(39)52(44(40)41)38-23-13-21-36(31-38)47-49-45(33-16-6-2-7-17-33)48-46(50-47)34-18-8-3-9-19-34/h1-31H. The molecule has 0 atom stereocenters. The number of hydrogen-bond donors (Lipinski definition) is 0. The Hall–Kier alpha value is -7.11. The van der Waals surface area contributed by atoms with Crippen molar-refractivity contribution >= 4 is 32.7 Å². The molecule has 0 aliphatic heterocycles. The first-order chi connectivity index (χ1) is 25.8. The summed E-state index contributed by atoms with van der Waals surface area (Å²) in [6.07, 6.45) is 2.19. The van der Waals surface area contributed by atoms with Crippen LogP contribution in [0.4, 0.5) is 0 Å². The molecular weight excluding hydrogens is 635 g/mol. The Balaban J connectivity index is 1.16. The molecule has 0 saturated carbocycles. The average Bonchev–Trinajstić information content (AvgIpc) is 3.82. The molecule has 0 N–H and O–H groups in total. The van der Waals surface area contributed by atoms with E-state index in [2.05, 4.69) is 137 Å². The smallest absolute Gasteiger partial charge is 0.164 e. The Morgan fingerprint density at radius 1 is 0.327 bits per heavy atom. The molecule has 3 heterocycles. The summed E-state index contributed by atoms with van der Waals surface area (Å²) in [6, 6.07) is 63.5. The summed E-state index contributed by atoms with van der Waals surface area (Å²) < 4.78 is 4.68. The van der Waals surface area contributed by atoms with Crippen molar-refractivity contribution in [1.29, 1.82) is 0 Å². The van der Waals surface area contributed by atoms with Gasteiger partial charge >= 0.3 is 0 Å². The zero-order chi connectivity index (χ0) is 34.4. The lowest BCUT2D eigenvalue weighted by Gasteiger charge is -2.12. The maximum Gasteiger partial charge on any atom is 0.164 e. The lowest BCUT2D eigenvalue weighted by Crippen LogP contribution is -2.01. The van der Waals surface area contributed by atoms with Crippen LogP contribution in [0.2, 0.25) is 0 Å². The molecule has 0 radical (unpaired) electrons. The van der Waals surface area contributed by atoms with Crippen LogP contribution in [0.25, 0.3) is 89.4 Å². The highest BCUT2D eigenvalue weighted by Crippen LogP contribution is 2.38. The van der Waals surface area contributed by atoms with Crippen molar-refractivity contribution in [2.75, 3.05) is 0 Å². The van der Waals surface area contributed by atoms with Crippen LogP contribution in [-0.2, 0) is 0 Å². The molecular formula is C47H31N5. The van der Waals surface area contributed by atoms with Crippen LogP contribution >= 0.6 is 0 Å². The number of rotatable bonds is 6. The molecule has 0 bridgehead atoms. The minimum absolute atomic E-state index is 0.630. The predicted octanol–water partition coefficient (Wildman–Crippen LogP) is 11.6. The third-order valence-electron chi connectivity index (χ3n) is 9.80. The second-order valence-electron chi connectivity index (χ2n) is 12.9. The van der Waals surface area contributed by atoms with Gasteiger partial charge in [-0.2, -0.15) is 0 Å². The number of hydrogen-bond acceptors (Lipinski definition) is 3. The van der Waals surface area contributed by atoms with Crippen LogP contribution in [0, 0.1) is 0 Å². The topological polar surface area (TPSA) is 48.5 Å². The fraction of sp³-hybridized carbons (Fsp3) is 0. The normalized spacial score (nSPS) is 11.5. The molecule has 5 heteroatoms. The molecule has 52 heavy (non-hydrogen) atoms. The van der Waals surface area contributed by atoms with Gasteiger partial charge in [-0.1, -0.05) is 140 Å². The van der Waals surface area contributed by atoms with Crippen LogP contribution < -0.4 is 0 Å². The van der Waals surface area contributed by atoms with E-state index in [0.717, 1.165) is 39.1 Å². The van der Waals surface area contributed by atoms with Crippen molar-refractivity contribution in [3.8, 4) is 56.7 Å². The largest absolute Gasteiger partial charge is 0.316 e. The van der Waals surface area contributed by atoms with Gasteiger partial charge in [0, 0.05) is 50.4 Å². The molecule has 0 fully saturated rings. The van der Waals surface area contributed by atoms with E-state index in [-0.39, 0.29) is 0 Å². The van der Waals surface area contributed by atoms with Gasteiger partial charge in [-0.25, -0.2) is 15.0 Å². The highest BCUT2D eigenvalue weighted by Gasteiger charge is 2.18. The molecule has 0 saturated heterocycles. The molecule has 3 aromatic heterocycles. The summed E-state index contributed by atoms with van der Waals surface area (Å²) >= 11 is 0. The quantitative estimate of drug-likeness (QED) is 0.178. The van der Waals surface area contributed by atoms with E-state index in [4.69, 9.17) is 15.0 Å². The third kappa shape index (κ3) is 5.07. The van der Waals surface area contributed by atoms with Gasteiger partial charge in [-0.15, -0.1) is 0 Å². The number of benzene rings is 7. The first-order valence-electron chi connectivity index (χ1n) is 17.5. The molecule has 0 aliphatic rings. The zero-order valence-corrected chi connectivity index (χ0v) is 28.1. The highest BCUT2D eigenvalue weighted by atomic mass is 15.0. The maximum atomic E-state index is 5.03. The lowest BCUT2D eigenvalue weighted by atomic mass is 10.1. The van der Waals surface area contributed by atoms with Gasteiger partial charge in [-0.3, -0.25) is 0 Å². The van der Waals surface area contributed by atoms with Crippen LogP contribution in [0.1, 0.15) is 0 Å². The van der Waals surface area contributed by atoms with Crippen molar-refractivity contribution in [3.05, 3.63) is 188 Å². The van der Waals surface area contributed by atoms with E-state index < -0.39 is 0 Å². The Kier molecular flexibility index (Phi) is 7.07. The average molecular weight is 666 g/mol. The van der Waals surface area contributed by atoms with Crippen molar-refractivity contribution in [2.24, 2.45) is 0 Å². The molecule has 5 nitrogen and oxygen atoms in total. The van der Waals surface area contributed by atoms with Gasteiger partial charge in [0.25, 0.3) is 0 Å². The minimum Gasteiger partial charge on any atom is -0.316 e. The van der Waals surface area contributed by atoms with E-state index in [0.29, 0.717) is 17.5 Å². The van der Waals surface area contributed by atoms with Crippen molar-refractivity contribution in [2.45, 2.75) is 0 Å². The first-order valence-corrected chi connectivity index (χ1v) is 17.5.